The van der Waals surface area contributed by atoms with Crippen molar-refractivity contribution in [2.45, 2.75) is 19.8 Å². The van der Waals surface area contributed by atoms with Crippen LogP contribution >= 0.6 is 11.3 Å². The van der Waals surface area contributed by atoms with Crippen molar-refractivity contribution >= 4 is 17.2 Å². The van der Waals surface area contributed by atoms with Gasteiger partial charge < -0.3 is 15.4 Å². The molecule has 1 aliphatic heterocycles. The first-order valence-electron chi connectivity index (χ1n) is 6.55. The van der Waals surface area contributed by atoms with Crippen molar-refractivity contribution in [2.24, 2.45) is 5.41 Å². The molecule has 2 heterocycles. The number of nitrogens with one attached hydrogen (secondary N) is 2. The Kier molecular flexibility index (Phi) is 4.90. The van der Waals surface area contributed by atoms with E-state index in [0.29, 0.717) is 18.0 Å². The molecule has 1 aliphatic rings. The predicted molar refractivity (Wildman–Crippen MR) is 75.6 cm³/mol. The second-order valence-electron chi connectivity index (χ2n) is 5.13. The lowest BCUT2D eigenvalue weighted by molar-refractivity contribution is 0.0512. The zero-order valence-electron chi connectivity index (χ0n) is 11.5. The van der Waals surface area contributed by atoms with Gasteiger partial charge in [-0.1, -0.05) is 0 Å². The van der Waals surface area contributed by atoms with Crippen LogP contribution < -0.4 is 10.6 Å². The highest BCUT2D eigenvalue weighted by molar-refractivity contribution is 7.11. The quantitative estimate of drug-likeness (QED) is 0.852. The largest absolute Gasteiger partial charge is 0.384 e. The van der Waals surface area contributed by atoms with E-state index in [9.17, 15) is 4.79 Å². The Labute approximate surface area is 117 Å². The SMILES string of the molecule is COCC1(CNC(=O)c2scnc2C)CCNCC1. The monoisotopic (exact) mass is 283 g/mol. The number of nitrogens with zero attached hydrogens (tertiary/aromatic N) is 1. The van der Waals surface area contributed by atoms with Crippen molar-refractivity contribution < 1.29 is 9.53 Å². The van der Waals surface area contributed by atoms with Gasteiger partial charge >= 0.3 is 0 Å². The Bertz CT molecular complexity index is 422. The number of amides is 1. The molecule has 0 aliphatic carbocycles. The van der Waals surface area contributed by atoms with Gasteiger partial charge in [0.25, 0.3) is 5.91 Å². The molecular weight excluding hydrogens is 262 g/mol. The standard InChI is InChI=1S/C13H21N3O2S/c1-10-11(19-9-16-10)12(17)15-7-13(8-18-2)3-5-14-6-4-13/h9,14H,3-8H2,1-2H3,(H,15,17). The first-order valence-corrected chi connectivity index (χ1v) is 7.43. The predicted octanol–water partition coefficient (Wildman–Crippen LogP) is 1.20. The summed E-state index contributed by atoms with van der Waals surface area (Å²) in [4.78, 5) is 16.9. The fourth-order valence-corrected chi connectivity index (χ4v) is 3.22. The summed E-state index contributed by atoms with van der Waals surface area (Å²) >= 11 is 1.39. The third-order valence-corrected chi connectivity index (χ3v) is 4.62. The summed E-state index contributed by atoms with van der Waals surface area (Å²) in [6.07, 6.45) is 2.06. The average Bonchev–Trinajstić information content (AvgIpc) is 2.84. The van der Waals surface area contributed by atoms with Crippen LogP contribution in [0.15, 0.2) is 5.51 Å². The van der Waals surface area contributed by atoms with Crippen LogP contribution in [0.4, 0.5) is 0 Å². The van der Waals surface area contributed by atoms with E-state index >= 15 is 0 Å². The number of hydrogen-bond acceptors (Lipinski definition) is 5. The molecule has 2 rings (SSSR count). The number of ether oxygens (including phenoxy) is 1. The fourth-order valence-electron chi connectivity index (χ4n) is 2.50. The molecule has 0 atom stereocenters. The molecule has 6 heteroatoms. The topological polar surface area (TPSA) is 63.2 Å². The summed E-state index contributed by atoms with van der Waals surface area (Å²) in [5, 5.41) is 6.39. The molecule has 2 N–H and O–H groups in total. The third kappa shape index (κ3) is 3.52. The Balaban J connectivity index is 1.95. The molecule has 106 valence electrons. The van der Waals surface area contributed by atoms with Gasteiger partial charge in [-0.3, -0.25) is 4.79 Å². The van der Waals surface area contributed by atoms with E-state index < -0.39 is 0 Å². The first kappa shape index (κ1) is 14.4. The number of piperidine rings is 1. The third-order valence-electron chi connectivity index (χ3n) is 3.69. The molecule has 0 saturated carbocycles. The Morgan fingerprint density at radius 2 is 2.32 bits per heavy atom. The van der Waals surface area contributed by atoms with Crippen LogP contribution in [0.2, 0.25) is 0 Å². The molecule has 1 fully saturated rings. The highest BCUT2D eigenvalue weighted by Crippen LogP contribution is 2.28. The summed E-state index contributed by atoms with van der Waals surface area (Å²) in [6, 6.07) is 0. The first-order chi connectivity index (χ1) is 9.17. The van der Waals surface area contributed by atoms with E-state index in [2.05, 4.69) is 15.6 Å². The lowest BCUT2D eigenvalue weighted by Gasteiger charge is -2.37. The minimum atomic E-state index is -0.0194. The van der Waals surface area contributed by atoms with E-state index in [-0.39, 0.29) is 11.3 Å². The van der Waals surface area contributed by atoms with E-state index in [1.807, 2.05) is 6.92 Å². The fraction of sp³-hybridized carbons (Fsp3) is 0.692. The van der Waals surface area contributed by atoms with Crippen LogP contribution in [0, 0.1) is 12.3 Å². The molecule has 0 spiro atoms. The number of thiazole rings is 1. The van der Waals surface area contributed by atoms with Gasteiger partial charge in [0.05, 0.1) is 17.8 Å². The Hall–Kier alpha value is -0.980. The number of hydrogen-bond donors (Lipinski definition) is 2. The number of aryl methyl sites for hydroxylation is 1. The number of carbonyl (C=O) groups excluding carboxylic acids is 1. The van der Waals surface area contributed by atoms with Gasteiger partial charge in [0.15, 0.2) is 0 Å². The maximum Gasteiger partial charge on any atom is 0.263 e. The van der Waals surface area contributed by atoms with Crippen molar-refractivity contribution in [1.29, 1.82) is 0 Å². The molecule has 1 saturated heterocycles. The highest BCUT2D eigenvalue weighted by atomic mass is 32.1. The molecule has 19 heavy (non-hydrogen) atoms. The smallest absolute Gasteiger partial charge is 0.263 e. The van der Waals surface area contributed by atoms with Crippen molar-refractivity contribution in [1.82, 2.24) is 15.6 Å². The van der Waals surface area contributed by atoms with E-state index in [1.165, 1.54) is 11.3 Å². The van der Waals surface area contributed by atoms with Gasteiger partial charge in [0.1, 0.15) is 4.88 Å². The normalized spacial score (nSPS) is 18.2. The highest BCUT2D eigenvalue weighted by Gasteiger charge is 2.32. The maximum absolute atomic E-state index is 12.1. The lowest BCUT2D eigenvalue weighted by Crippen LogP contribution is -2.47. The van der Waals surface area contributed by atoms with Crippen LogP contribution in [0.3, 0.4) is 0 Å². The zero-order valence-corrected chi connectivity index (χ0v) is 12.3. The second kappa shape index (κ2) is 6.45. The molecule has 0 aromatic carbocycles. The van der Waals surface area contributed by atoms with E-state index in [1.54, 1.807) is 12.6 Å². The van der Waals surface area contributed by atoms with E-state index in [0.717, 1.165) is 31.6 Å². The van der Waals surface area contributed by atoms with Crippen LogP contribution in [0.5, 0.6) is 0 Å². The van der Waals surface area contributed by atoms with Crippen LogP contribution in [0.25, 0.3) is 0 Å². The maximum atomic E-state index is 12.1. The molecule has 0 bridgehead atoms. The Morgan fingerprint density at radius 3 is 2.89 bits per heavy atom. The zero-order chi connectivity index (χ0) is 13.7. The van der Waals surface area contributed by atoms with Crippen molar-refractivity contribution in [2.75, 3.05) is 33.4 Å². The molecule has 0 unspecified atom stereocenters. The number of aromatic nitrogens is 1. The lowest BCUT2D eigenvalue weighted by atomic mass is 9.79. The van der Waals surface area contributed by atoms with Gasteiger partial charge in [0, 0.05) is 19.1 Å². The van der Waals surface area contributed by atoms with Gasteiger partial charge in [-0.05, 0) is 32.9 Å². The van der Waals surface area contributed by atoms with Crippen molar-refractivity contribution in [3.05, 3.63) is 16.1 Å². The van der Waals surface area contributed by atoms with Gasteiger partial charge in [0.2, 0.25) is 0 Å². The minimum absolute atomic E-state index is 0.0194. The molecular formula is C13H21N3O2S. The summed E-state index contributed by atoms with van der Waals surface area (Å²) in [5.74, 6) is -0.0194. The summed E-state index contributed by atoms with van der Waals surface area (Å²) < 4.78 is 5.34. The van der Waals surface area contributed by atoms with Gasteiger partial charge in [-0.2, -0.15) is 0 Å². The summed E-state index contributed by atoms with van der Waals surface area (Å²) in [5.41, 5.74) is 2.57. The van der Waals surface area contributed by atoms with Crippen LogP contribution in [-0.2, 0) is 4.74 Å². The molecule has 0 radical (unpaired) electrons. The summed E-state index contributed by atoms with van der Waals surface area (Å²) in [7, 11) is 1.72. The van der Waals surface area contributed by atoms with Crippen LogP contribution in [-0.4, -0.2) is 44.2 Å². The summed E-state index contributed by atoms with van der Waals surface area (Å²) in [6.45, 7) is 5.19. The molecule has 5 nitrogen and oxygen atoms in total. The van der Waals surface area contributed by atoms with Crippen molar-refractivity contribution in [3.63, 3.8) is 0 Å². The van der Waals surface area contributed by atoms with Crippen LogP contribution in [0.1, 0.15) is 28.2 Å². The number of carbonyl (C=O) groups is 1. The van der Waals surface area contributed by atoms with E-state index in [4.69, 9.17) is 4.74 Å². The number of rotatable bonds is 5. The molecule has 1 aromatic heterocycles. The van der Waals surface area contributed by atoms with Gasteiger partial charge in [-0.15, -0.1) is 11.3 Å². The average molecular weight is 283 g/mol. The minimum Gasteiger partial charge on any atom is -0.384 e. The molecule has 1 aromatic rings. The van der Waals surface area contributed by atoms with Gasteiger partial charge in [-0.25, -0.2) is 4.98 Å². The Morgan fingerprint density at radius 1 is 1.58 bits per heavy atom. The second-order valence-corrected chi connectivity index (χ2v) is 5.99. The number of methoxy groups -OCH3 is 1. The van der Waals surface area contributed by atoms with Crippen molar-refractivity contribution in [3.8, 4) is 0 Å². The molecule has 1 amide bonds.